The molecule has 150 valence electrons. The summed E-state index contributed by atoms with van der Waals surface area (Å²) in [6.07, 6.45) is 3.81. The molecule has 0 atom stereocenters. The van der Waals surface area contributed by atoms with Crippen molar-refractivity contribution in [2.75, 3.05) is 13.1 Å². The molecule has 0 saturated heterocycles. The van der Waals surface area contributed by atoms with Gasteiger partial charge in [0, 0.05) is 36.3 Å². The molecule has 0 aliphatic carbocycles. The Hall–Kier alpha value is -3.05. The van der Waals surface area contributed by atoms with E-state index in [-0.39, 0.29) is 11.5 Å². The van der Waals surface area contributed by atoms with E-state index in [0.29, 0.717) is 29.2 Å². The van der Waals surface area contributed by atoms with Crippen molar-refractivity contribution in [3.63, 3.8) is 0 Å². The molecular formula is C24H26N2O3. The Balaban J connectivity index is 1.80. The first kappa shape index (κ1) is 19.3. The zero-order valence-electron chi connectivity index (χ0n) is 17.3. The predicted octanol–water partition coefficient (Wildman–Crippen LogP) is 4.65. The second-order valence-electron chi connectivity index (χ2n) is 7.51. The van der Waals surface area contributed by atoms with Crippen molar-refractivity contribution < 1.29 is 14.6 Å². The molecular weight excluding hydrogens is 364 g/mol. The number of aromatic nitrogens is 1. The number of carbonyl (C=O) groups is 1. The molecule has 29 heavy (non-hydrogen) atoms. The summed E-state index contributed by atoms with van der Waals surface area (Å²) >= 11 is 0. The molecule has 1 aromatic heterocycles. The first-order valence-corrected chi connectivity index (χ1v) is 10.0. The molecule has 0 radical (unpaired) electrons. The van der Waals surface area contributed by atoms with Gasteiger partial charge in [0.2, 0.25) is 5.78 Å². The number of benzene rings is 2. The lowest BCUT2D eigenvalue weighted by Crippen LogP contribution is -2.22. The number of Topliss-reactive ketones (excluding diaryl/α,β-unsaturated/α-hetero) is 1. The zero-order chi connectivity index (χ0) is 20.7. The minimum atomic E-state index is -0.133. The zero-order valence-corrected chi connectivity index (χ0v) is 17.3. The number of nitrogens with zero attached hydrogens (tertiary/aromatic N) is 2. The number of ether oxygens (including phenoxy) is 1. The number of hydrogen-bond donors (Lipinski definition) is 1. The topological polar surface area (TPSA) is 54.7 Å². The van der Waals surface area contributed by atoms with Crippen LogP contribution in [0.2, 0.25) is 0 Å². The number of fused-ring (bicyclic) bond motifs is 2. The van der Waals surface area contributed by atoms with Gasteiger partial charge in [-0.3, -0.25) is 9.69 Å². The summed E-state index contributed by atoms with van der Waals surface area (Å²) in [5, 5.41) is 11.6. The van der Waals surface area contributed by atoms with Gasteiger partial charge in [-0.2, -0.15) is 0 Å². The van der Waals surface area contributed by atoms with Crippen LogP contribution >= 0.6 is 0 Å². The van der Waals surface area contributed by atoms with E-state index < -0.39 is 0 Å². The van der Waals surface area contributed by atoms with E-state index in [1.54, 1.807) is 6.07 Å². The van der Waals surface area contributed by atoms with E-state index in [1.165, 1.54) is 0 Å². The SMILES string of the molecule is CCN(CC)Cc1c(O)cc(C)c2c1O/C(=C\c1cn(C)c3ccccc13)C2=O. The number of hydrogen-bond acceptors (Lipinski definition) is 4. The lowest BCUT2D eigenvalue weighted by molar-refractivity contribution is 0.101. The molecule has 0 amide bonds. The molecule has 3 aromatic rings. The average Bonchev–Trinajstić information content (AvgIpc) is 3.20. The summed E-state index contributed by atoms with van der Waals surface area (Å²) in [4.78, 5) is 15.3. The smallest absolute Gasteiger partial charge is 0.232 e. The lowest BCUT2D eigenvalue weighted by atomic mass is 9.99. The monoisotopic (exact) mass is 390 g/mol. The van der Waals surface area contributed by atoms with Crippen molar-refractivity contribution in [3.8, 4) is 11.5 Å². The maximum atomic E-state index is 13.2. The molecule has 1 N–H and O–H groups in total. The fourth-order valence-corrected chi connectivity index (χ4v) is 4.03. The van der Waals surface area contributed by atoms with Gasteiger partial charge < -0.3 is 14.4 Å². The van der Waals surface area contributed by atoms with Crippen molar-refractivity contribution >= 4 is 22.8 Å². The van der Waals surface area contributed by atoms with Crippen LogP contribution in [-0.2, 0) is 13.6 Å². The van der Waals surface area contributed by atoms with Gasteiger partial charge in [-0.1, -0.05) is 32.0 Å². The van der Waals surface area contributed by atoms with Gasteiger partial charge in [0.25, 0.3) is 0 Å². The Labute approximate surface area is 170 Å². The standard InChI is InChI=1S/C24H26N2O3/c1-5-26(6-2)14-18-20(27)11-15(3)22-23(28)21(29-24(18)22)12-16-13-25(4)19-10-8-7-9-17(16)19/h7-13,27H,5-6,14H2,1-4H3/b21-12-. The highest BCUT2D eigenvalue weighted by Crippen LogP contribution is 2.42. The molecule has 1 aliphatic heterocycles. The predicted molar refractivity (Wildman–Crippen MR) is 115 cm³/mol. The molecule has 2 aromatic carbocycles. The number of carbonyl (C=O) groups excluding carboxylic acids is 1. The van der Waals surface area contributed by atoms with Gasteiger partial charge in [-0.05, 0) is 43.8 Å². The average molecular weight is 390 g/mol. The molecule has 2 heterocycles. The Morgan fingerprint density at radius 2 is 1.93 bits per heavy atom. The first-order chi connectivity index (χ1) is 13.9. The summed E-state index contributed by atoms with van der Waals surface area (Å²) in [5.74, 6) is 0.829. The summed E-state index contributed by atoms with van der Waals surface area (Å²) in [6, 6.07) is 9.74. The van der Waals surface area contributed by atoms with Gasteiger partial charge in [0.1, 0.15) is 11.5 Å². The third-order valence-electron chi connectivity index (χ3n) is 5.71. The minimum Gasteiger partial charge on any atom is -0.507 e. The number of aryl methyl sites for hydroxylation is 2. The molecule has 4 rings (SSSR count). The van der Waals surface area contributed by atoms with Gasteiger partial charge in [0.05, 0.1) is 11.1 Å². The highest BCUT2D eigenvalue weighted by atomic mass is 16.5. The van der Waals surface area contributed by atoms with E-state index in [1.807, 2.05) is 55.1 Å². The molecule has 0 spiro atoms. The second kappa shape index (κ2) is 7.41. The highest BCUT2D eigenvalue weighted by molar-refractivity contribution is 6.16. The second-order valence-corrected chi connectivity index (χ2v) is 7.51. The maximum Gasteiger partial charge on any atom is 0.232 e. The van der Waals surface area contributed by atoms with Gasteiger partial charge >= 0.3 is 0 Å². The number of rotatable bonds is 5. The highest BCUT2D eigenvalue weighted by Gasteiger charge is 2.33. The van der Waals surface area contributed by atoms with Crippen molar-refractivity contribution in [2.45, 2.75) is 27.3 Å². The Bertz CT molecular complexity index is 1140. The molecule has 0 unspecified atom stereocenters. The van der Waals surface area contributed by atoms with Gasteiger partial charge in [-0.25, -0.2) is 0 Å². The number of phenols is 1. The molecule has 5 heteroatoms. The van der Waals surface area contributed by atoms with Crippen molar-refractivity contribution in [3.05, 3.63) is 64.5 Å². The van der Waals surface area contributed by atoms with Crippen LogP contribution in [0.1, 0.15) is 40.9 Å². The minimum absolute atomic E-state index is 0.133. The van der Waals surface area contributed by atoms with E-state index in [2.05, 4.69) is 18.7 Å². The largest absolute Gasteiger partial charge is 0.507 e. The quantitative estimate of drug-likeness (QED) is 0.644. The van der Waals surface area contributed by atoms with E-state index >= 15 is 0 Å². The van der Waals surface area contributed by atoms with Crippen molar-refractivity contribution in [1.29, 1.82) is 0 Å². The van der Waals surface area contributed by atoms with Gasteiger partial charge in [-0.15, -0.1) is 0 Å². The number of allylic oxidation sites excluding steroid dienone is 1. The molecule has 1 aliphatic rings. The summed E-state index contributed by atoms with van der Waals surface area (Å²) in [5.41, 5.74) is 3.98. The molecule has 0 saturated carbocycles. The third-order valence-corrected chi connectivity index (χ3v) is 5.71. The Kier molecular flexibility index (Phi) is 4.92. The first-order valence-electron chi connectivity index (χ1n) is 10.0. The van der Waals surface area contributed by atoms with E-state index in [9.17, 15) is 9.90 Å². The van der Waals surface area contributed by atoms with E-state index in [0.717, 1.165) is 35.1 Å². The summed E-state index contributed by atoms with van der Waals surface area (Å²) in [6.45, 7) is 8.23. The fraction of sp³-hybridized carbons (Fsp3) is 0.292. The van der Waals surface area contributed by atoms with Crippen LogP contribution in [0.3, 0.4) is 0 Å². The van der Waals surface area contributed by atoms with Crippen LogP contribution in [-0.4, -0.2) is 33.4 Å². The number of para-hydroxylation sites is 1. The molecule has 0 bridgehead atoms. The lowest BCUT2D eigenvalue weighted by Gasteiger charge is -2.20. The number of ketones is 1. The third kappa shape index (κ3) is 3.21. The molecule has 5 nitrogen and oxygen atoms in total. The maximum absolute atomic E-state index is 13.2. The van der Waals surface area contributed by atoms with E-state index in [4.69, 9.17) is 4.74 Å². The molecule has 0 fully saturated rings. The Morgan fingerprint density at radius 1 is 1.21 bits per heavy atom. The van der Waals surface area contributed by atoms with Crippen LogP contribution < -0.4 is 4.74 Å². The van der Waals surface area contributed by atoms with Crippen LogP contribution in [0.5, 0.6) is 11.5 Å². The summed E-state index contributed by atoms with van der Waals surface area (Å²) in [7, 11) is 1.99. The van der Waals surface area contributed by atoms with Crippen LogP contribution in [0, 0.1) is 6.92 Å². The normalized spacial score (nSPS) is 14.8. The van der Waals surface area contributed by atoms with Crippen LogP contribution in [0.25, 0.3) is 17.0 Å². The number of aromatic hydroxyl groups is 1. The van der Waals surface area contributed by atoms with Crippen LogP contribution in [0.4, 0.5) is 0 Å². The van der Waals surface area contributed by atoms with Crippen LogP contribution in [0.15, 0.2) is 42.3 Å². The van der Waals surface area contributed by atoms with Crippen molar-refractivity contribution in [2.24, 2.45) is 7.05 Å². The van der Waals surface area contributed by atoms with Crippen molar-refractivity contribution in [1.82, 2.24) is 9.47 Å². The van der Waals surface area contributed by atoms with Gasteiger partial charge in [0.15, 0.2) is 5.76 Å². The summed E-state index contributed by atoms with van der Waals surface area (Å²) < 4.78 is 8.12. The Morgan fingerprint density at radius 3 is 2.66 bits per heavy atom. The number of phenolic OH excluding ortho intramolecular Hbond substituents is 1. The fourth-order valence-electron chi connectivity index (χ4n) is 4.03.